The molecule has 0 spiro atoms. The molecule has 53 valence electrons. The third-order valence-corrected chi connectivity index (χ3v) is 0.557. The molecule has 0 unspecified atom stereocenters. The fourth-order valence-corrected chi connectivity index (χ4v) is 0.204. The summed E-state index contributed by atoms with van der Waals surface area (Å²) in [5.74, 6) is -2.13. The molecule has 0 aromatic heterocycles. The van der Waals surface area contributed by atoms with Crippen LogP contribution in [-0.4, -0.2) is 19.0 Å². The van der Waals surface area contributed by atoms with Crippen molar-refractivity contribution in [3.05, 3.63) is 12.2 Å². The maximum Gasteiger partial charge on any atom is 1.00 e. The molecule has 1 radical (unpaired) electrons. The molecule has 0 N–H and O–H groups in total. The first-order valence-electron chi connectivity index (χ1n) is 2.14. The predicted molar refractivity (Wildman–Crippen MR) is 26.2 cm³/mol. The van der Waals surface area contributed by atoms with Gasteiger partial charge in [-0.25, -0.2) is 4.79 Å². The van der Waals surface area contributed by atoms with Crippen LogP contribution < -0.4 is 5.11 Å². The standard InChI is InChI=1S/C5H6O4.Ce/c1-9-5(8)3-2-4(6)7;/h2-3H,1H3,(H,6,7);/q;+1/p-1/b3-2-;. The van der Waals surface area contributed by atoms with Crippen molar-refractivity contribution in [2.75, 3.05) is 7.11 Å². The van der Waals surface area contributed by atoms with Gasteiger partial charge in [0.05, 0.1) is 13.1 Å². The Balaban J connectivity index is 0. The van der Waals surface area contributed by atoms with Crippen LogP contribution in [0.4, 0.5) is 0 Å². The van der Waals surface area contributed by atoms with Crippen molar-refractivity contribution in [1.29, 1.82) is 0 Å². The Kier molecular flexibility index (Phi) is 9.11. The first-order valence-corrected chi connectivity index (χ1v) is 2.14. The van der Waals surface area contributed by atoms with Gasteiger partial charge in [0.1, 0.15) is 0 Å². The predicted octanol–water partition coefficient (Wildman–Crippen LogP) is -1.53. The molecular weight excluding hydrogens is 264 g/mol. The van der Waals surface area contributed by atoms with E-state index in [2.05, 4.69) is 4.74 Å². The molecule has 0 bridgehead atoms. The van der Waals surface area contributed by atoms with Gasteiger partial charge in [0.2, 0.25) is 0 Å². The van der Waals surface area contributed by atoms with Gasteiger partial charge >= 0.3 is 47.7 Å². The largest absolute Gasteiger partial charge is 1.00 e. The summed E-state index contributed by atoms with van der Waals surface area (Å²) < 4.78 is 4.08. The Morgan fingerprint density at radius 1 is 1.40 bits per heavy atom. The Bertz CT molecular complexity index is 152. The number of rotatable bonds is 2. The van der Waals surface area contributed by atoms with E-state index in [0.29, 0.717) is 6.08 Å². The first-order chi connectivity index (χ1) is 4.16. The van der Waals surface area contributed by atoms with E-state index in [0.717, 1.165) is 13.2 Å². The third-order valence-electron chi connectivity index (χ3n) is 0.557. The second kappa shape index (κ2) is 7.17. The number of aliphatic carboxylic acids is 1. The van der Waals surface area contributed by atoms with Crippen LogP contribution in [0.2, 0.25) is 0 Å². The SMILES string of the molecule is COC(=O)/C=C\C(=O)[O-].[Ce+]. The quantitative estimate of drug-likeness (QED) is 0.450. The maximum absolute atomic E-state index is 10.1. The van der Waals surface area contributed by atoms with Crippen molar-refractivity contribution < 1.29 is 61.2 Å². The fourth-order valence-electron chi connectivity index (χ4n) is 0.204. The normalized spacial score (nSPS) is 8.50. The van der Waals surface area contributed by atoms with Gasteiger partial charge in [-0.2, -0.15) is 0 Å². The smallest absolute Gasteiger partial charge is 0.545 e. The van der Waals surface area contributed by atoms with E-state index in [1.807, 2.05) is 0 Å². The second-order valence-electron chi connectivity index (χ2n) is 1.18. The number of esters is 1. The van der Waals surface area contributed by atoms with E-state index in [1.165, 1.54) is 0 Å². The van der Waals surface area contributed by atoms with Crippen molar-refractivity contribution in [3.8, 4) is 0 Å². The minimum Gasteiger partial charge on any atom is -0.545 e. The number of carboxylic acids is 1. The summed E-state index contributed by atoms with van der Waals surface area (Å²) in [4.78, 5) is 19.7. The van der Waals surface area contributed by atoms with Gasteiger partial charge in [0, 0.05) is 6.08 Å². The van der Waals surface area contributed by atoms with E-state index in [-0.39, 0.29) is 41.7 Å². The molecule has 0 aromatic rings. The molecule has 5 heteroatoms. The minimum atomic E-state index is -1.42. The number of carbonyl (C=O) groups excluding carboxylic acids is 2. The van der Waals surface area contributed by atoms with Crippen LogP contribution in [0.25, 0.3) is 0 Å². The van der Waals surface area contributed by atoms with Crippen molar-refractivity contribution in [2.45, 2.75) is 0 Å². The summed E-state index contributed by atoms with van der Waals surface area (Å²) in [6.07, 6.45) is 1.38. The van der Waals surface area contributed by atoms with Crippen LogP contribution in [0.1, 0.15) is 0 Å². The van der Waals surface area contributed by atoms with Crippen LogP contribution in [0, 0.1) is 41.7 Å². The Morgan fingerprint density at radius 2 is 1.90 bits per heavy atom. The average Bonchev–Trinajstić information content (AvgIpc) is 1.83. The van der Waals surface area contributed by atoms with Gasteiger partial charge in [-0.3, -0.25) is 0 Å². The van der Waals surface area contributed by atoms with Gasteiger partial charge in [-0.05, 0) is 6.08 Å². The van der Waals surface area contributed by atoms with Gasteiger partial charge < -0.3 is 14.6 Å². The number of methoxy groups -OCH3 is 1. The van der Waals surface area contributed by atoms with E-state index in [4.69, 9.17) is 0 Å². The Hall–Kier alpha value is 0.0566. The first kappa shape index (κ1) is 12.7. The molecule has 0 aliphatic heterocycles. The van der Waals surface area contributed by atoms with E-state index in [1.54, 1.807) is 0 Å². The number of hydrogen-bond acceptors (Lipinski definition) is 4. The number of ether oxygens (including phenoxy) is 1. The zero-order chi connectivity index (χ0) is 7.28. The Morgan fingerprint density at radius 3 is 2.20 bits per heavy atom. The van der Waals surface area contributed by atoms with Crippen molar-refractivity contribution in [3.63, 3.8) is 0 Å². The molecule has 0 saturated carbocycles. The molecule has 0 aromatic carbocycles. The third kappa shape index (κ3) is 8.06. The van der Waals surface area contributed by atoms with Crippen LogP contribution >= 0.6 is 0 Å². The molecule has 0 heterocycles. The minimum absolute atomic E-state index is 0. The van der Waals surface area contributed by atoms with Crippen LogP contribution in [-0.2, 0) is 14.3 Å². The molecule has 0 amide bonds. The molecule has 0 atom stereocenters. The Labute approximate surface area is 91.6 Å². The summed E-state index contributed by atoms with van der Waals surface area (Å²) >= 11 is 0. The summed E-state index contributed by atoms with van der Waals surface area (Å²) in [6.45, 7) is 0. The molecule has 4 nitrogen and oxygen atoms in total. The van der Waals surface area contributed by atoms with Gasteiger partial charge in [0.15, 0.2) is 0 Å². The van der Waals surface area contributed by atoms with Crippen LogP contribution in [0.15, 0.2) is 12.2 Å². The number of hydrogen-bond donors (Lipinski definition) is 0. The molecule has 0 aliphatic rings. The maximum atomic E-state index is 10.1. The topological polar surface area (TPSA) is 66.4 Å². The number of carbonyl (C=O) groups is 2. The van der Waals surface area contributed by atoms with E-state index >= 15 is 0 Å². The average molecular weight is 269 g/mol. The summed E-state index contributed by atoms with van der Waals surface area (Å²) in [5.41, 5.74) is 0. The van der Waals surface area contributed by atoms with Crippen molar-refractivity contribution in [1.82, 2.24) is 0 Å². The molecule has 0 aliphatic carbocycles. The second-order valence-corrected chi connectivity index (χ2v) is 1.18. The van der Waals surface area contributed by atoms with Crippen LogP contribution in [0.5, 0.6) is 0 Å². The van der Waals surface area contributed by atoms with Crippen molar-refractivity contribution in [2.24, 2.45) is 0 Å². The molecule has 0 rings (SSSR count). The van der Waals surface area contributed by atoms with Crippen molar-refractivity contribution >= 4 is 11.9 Å². The van der Waals surface area contributed by atoms with Gasteiger partial charge in [0.25, 0.3) is 0 Å². The summed E-state index contributed by atoms with van der Waals surface area (Å²) in [6, 6.07) is 0. The summed E-state index contributed by atoms with van der Waals surface area (Å²) in [5, 5.41) is 9.61. The molecular formula is C5H5CeO4. The van der Waals surface area contributed by atoms with Gasteiger partial charge in [-0.1, -0.05) is 0 Å². The molecule has 10 heavy (non-hydrogen) atoms. The molecule has 0 fully saturated rings. The summed E-state index contributed by atoms with van der Waals surface area (Å²) in [7, 11) is 1.15. The van der Waals surface area contributed by atoms with E-state index in [9.17, 15) is 14.7 Å². The van der Waals surface area contributed by atoms with Gasteiger partial charge in [-0.15, -0.1) is 0 Å². The fraction of sp³-hybridized carbons (Fsp3) is 0.200. The zero-order valence-corrected chi connectivity index (χ0v) is 8.43. The number of carboxylic acid groups (broad SMARTS) is 1. The molecule has 0 saturated heterocycles. The zero-order valence-electron chi connectivity index (χ0n) is 5.29. The monoisotopic (exact) mass is 269 g/mol. The van der Waals surface area contributed by atoms with E-state index < -0.39 is 11.9 Å². The van der Waals surface area contributed by atoms with Crippen LogP contribution in [0.3, 0.4) is 0 Å².